The maximum atomic E-state index is 10.8. The SMILES string of the molecule is COCCOc1cnc(-c2cccc(Cc3nnc4ccc(OC(=O)O)nn34)c2)nc1. The average molecular weight is 422 g/mol. The predicted octanol–water partition coefficient (Wildman–Crippen LogP) is 2.25. The summed E-state index contributed by atoms with van der Waals surface area (Å²) in [5, 5.41) is 21.1. The molecule has 0 aliphatic carbocycles. The maximum absolute atomic E-state index is 10.8. The summed E-state index contributed by atoms with van der Waals surface area (Å²) < 4.78 is 16.5. The minimum absolute atomic E-state index is 0.0593. The number of nitrogens with zero attached hydrogens (tertiary/aromatic N) is 6. The van der Waals surface area contributed by atoms with E-state index in [1.54, 1.807) is 25.6 Å². The molecule has 0 radical (unpaired) electrons. The van der Waals surface area contributed by atoms with Gasteiger partial charge in [-0.25, -0.2) is 14.8 Å². The van der Waals surface area contributed by atoms with E-state index in [0.29, 0.717) is 42.7 Å². The third-order valence-corrected chi connectivity index (χ3v) is 4.23. The molecular formula is C20H18N6O5. The summed E-state index contributed by atoms with van der Waals surface area (Å²) >= 11 is 0. The molecule has 4 rings (SSSR count). The monoisotopic (exact) mass is 422 g/mol. The van der Waals surface area contributed by atoms with E-state index in [1.807, 2.05) is 24.3 Å². The summed E-state index contributed by atoms with van der Waals surface area (Å²) in [5.74, 6) is 1.60. The summed E-state index contributed by atoms with van der Waals surface area (Å²) in [7, 11) is 1.61. The van der Waals surface area contributed by atoms with Crippen molar-refractivity contribution in [1.82, 2.24) is 29.8 Å². The van der Waals surface area contributed by atoms with Gasteiger partial charge in [0.25, 0.3) is 0 Å². The number of fused-ring (bicyclic) bond motifs is 1. The van der Waals surface area contributed by atoms with E-state index in [9.17, 15) is 4.79 Å². The standard InChI is InChI=1S/C20H18N6O5/c1-29-7-8-30-15-11-21-19(22-12-15)14-4-2-3-13(9-14)10-17-24-23-16-5-6-18(25-26(16)17)31-20(27)28/h2-6,9,11-12H,7-8,10H2,1H3,(H,27,28). The molecule has 0 amide bonds. The third-order valence-electron chi connectivity index (χ3n) is 4.23. The van der Waals surface area contributed by atoms with Crippen molar-refractivity contribution in [2.24, 2.45) is 0 Å². The van der Waals surface area contributed by atoms with Crippen molar-refractivity contribution in [3.05, 3.63) is 60.2 Å². The van der Waals surface area contributed by atoms with E-state index in [-0.39, 0.29) is 5.88 Å². The van der Waals surface area contributed by atoms with Gasteiger partial charge in [0.1, 0.15) is 6.61 Å². The van der Waals surface area contributed by atoms with Gasteiger partial charge in [-0.15, -0.1) is 15.3 Å². The molecule has 0 atom stereocenters. The summed E-state index contributed by atoms with van der Waals surface area (Å²) in [5.41, 5.74) is 2.25. The minimum atomic E-state index is -1.44. The molecule has 0 bridgehead atoms. The molecule has 11 nitrogen and oxygen atoms in total. The van der Waals surface area contributed by atoms with Gasteiger partial charge in [-0.05, 0) is 17.7 Å². The second-order valence-corrected chi connectivity index (χ2v) is 6.39. The normalized spacial score (nSPS) is 10.9. The average Bonchev–Trinajstić information content (AvgIpc) is 3.16. The van der Waals surface area contributed by atoms with E-state index in [1.165, 1.54) is 10.6 Å². The van der Waals surface area contributed by atoms with Gasteiger partial charge >= 0.3 is 6.16 Å². The molecule has 4 aromatic rings. The Kier molecular flexibility index (Phi) is 5.94. The van der Waals surface area contributed by atoms with Crippen LogP contribution in [0.1, 0.15) is 11.4 Å². The third kappa shape index (κ3) is 4.90. The van der Waals surface area contributed by atoms with Crippen LogP contribution >= 0.6 is 0 Å². The van der Waals surface area contributed by atoms with Crippen LogP contribution in [0.2, 0.25) is 0 Å². The Balaban J connectivity index is 1.53. The van der Waals surface area contributed by atoms with E-state index in [0.717, 1.165) is 11.1 Å². The summed E-state index contributed by atoms with van der Waals surface area (Å²) in [4.78, 5) is 19.5. The Morgan fingerprint density at radius 3 is 2.71 bits per heavy atom. The highest BCUT2D eigenvalue weighted by Gasteiger charge is 2.12. The van der Waals surface area contributed by atoms with Gasteiger partial charge in [-0.3, -0.25) is 0 Å². The Morgan fingerprint density at radius 1 is 1.10 bits per heavy atom. The van der Waals surface area contributed by atoms with Crippen LogP contribution in [0.4, 0.5) is 4.79 Å². The fourth-order valence-electron chi connectivity index (χ4n) is 2.86. The molecule has 0 aliphatic heterocycles. The van der Waals surface area contributed by atoms with Crippen molar-refractivity contribution in [2.75, 3.05) is 20.3 Å². The zero-order valence-electron chi connectivity index (χ0n) is 16.5. The fourth-order valence-corrected chi connectivity index (χ4v) is 2.86. The highest BCUT2D eigenvalue weighted by Crippen LogP contribution is 2.20. The molecule has 0 fully saturated rings. The molecule has 158 valence electrons. The van der Waals surface area contributed by atoms with Crippen LogP contribution in [-0.2, 0) is 11.2 Å². The van der Waals surface area contributed by atoms with Crippen LogP contribution in [-0.4, -0.2) is 61.4 Å². The zero-order chi connectivity index (χ0) is 21.6. The molecular weight excluding hydrogens is 404 g/mol. The van der Waals surface area contributed by atoms with Crippen molar-refractivity contribution in [3.8, 4) is 23.0 Å². The number of benzene rings is 1. The van der Waals surface area contributed by atoms with Crippen LogP contribution in [0.15, 0.2) is 48.8 Å². The van der Waals surface area contributed by atoms with E-state index in [4.69, 9.17) is 14.6 Å². The number of hydrogen-bond acceptors (Lipinski definition) is 9. The van der Waals surface area contributed by atoms with Crippen molar-refractivity contribution in [2.45, 2.75) is 6.42 Å². The molecule has 3 heterocycles. The highest BCUT2D eigenvalue weighted by atomic mass is 16.7. The predicted molar refractivity (Wildman–Crippen MR) is 107 cm³/mol. The van der Waals surface area contributed by atoms with Gasteiger partial charge in [0, 0.05) is 25.2 Å². The van der Waals surface area contributed by atoms with Gasteiger partial charge in [0.15, 0.2) is 23.0 Å². The lowest BCUT2D eigenvalue weighted by molar-refractivity contribution is 0.142. The van der Waals surface area contributed by atoms with Crippen molar-refractivity contribution < 1.29 is 24.1 Å². The number of methoxy groups -OCH3 is 1. The summed E-state index contributed by atoms with van der Waals surface area (Å²) in [6, 6.07) is 10.7. The molecule has 1 aromatic carbocycles. The quantitative estimate of drug-likeness (QED) is 0.333. The molecule has 1 N–H and O–H groups in total. The van der Waals surface area contributed by atoms with Crippen LogP contribution in [0.25, 0.3) is 17.0 Å². The molecule has 31 heavy (non-hydrogen) atoms. The van der Waals surface area contributed by atoms with Crippen molar-refractivity contribution >= 4 is 11.8 Å². The number of carbonyl (C=O) groups is 1. The summed E-state index contributed by atoms with van der Waals surface area (Å²) in [6.07, 6.45) is 2.20. The Labute approximate surface area is 176 Å². The number of rotatable bonds is 8. The molecule has 0 unspecified atom stereocenters. The molecule has 0 spiro atoms. The largest absolute Gasteiger partial charge is 0.512 e. The van der Waals surface area contributed by atoms with Gasteiger partial charge in [-0.1, -0.05) is 18.2 Å². The smallest absolute Gasteiger partial charge is 0.488 e. The Morgan fingerprint density at radius 2 is 1.94 bits per heavy atom. The number of carboxylic acid groups (broad SMARTS) is 1. The van der Waals surface area contributed by atoms with Crippen molar-refractivity contribution in [1.29, 1.82) is 0 Å². The van der Waals surface area contributed by atoms with Crippen LogP contribution in [0.3, 0.4) is 0 Å². The zero-order valence-corrected chi connectivity index (χ0v) is 16.5. The van der Waals surface area contributed by atoms with E-state index < -0.39 is 6.16 Å². The van der Waals surface area contributed by atoms with Gasteiger partial charge in [0.2, 0.25) is 5.88 Å². The van der Waals surface area contributed by atoms with Crippen molar-refractivity contribution in [3.63, 3.8) is 0 Å². The second-order valence-electron chi connectivity index (χ2n) is 6.39. The van der Waals surface area contributed by atoms with Crippen LogP contribution in [0.5, 0.6) is 11.6 Å². The number of hydrogen-bond donors (Lipinski definition) is 1. The maximum Gasteiger partial charge on any atom is 0.512 e. The fraction of sp³-hybridized carbons (Fsp3) is 0.200. The Bertz CT molecular complexity index is 1190. The number of ether oxygens (including phenoxy) is 3. The molecule has 11 heteroatoms. The first-order valence-electron chi connectivity index (χ1n) is 9.27. The molecule has 0 saturated heterocycles. The lowest BCUT2D eigenvalue weighted by Gasteiger charge is -2.07. The first-order chi connectivity index (χ1) is 15.1. The topological polar surface area (TPSA) is 134 Å². The molecule has 3 aromatic heterocycles. The lowest BCUT2D eigenvalue weighted by Crippen LogP contribution is -2.07. The van der Waals surface area contributed by atoms with Gasteiger partial charge in [-0.2, -0.15) is 4.52 Å². The number of aromatic nitrogens is 6. The van der Waals surface area contributed by atoms with Crippen LogP contribution < -0.4 is 9.47 Å². The Hall–Kier alpha value is -4.12. The minimum Gasteiger partial charge on any atom is -0.488 e. The van der Waals surface area contributed by atoms with Gasteiger partial charge < -0.3 is 19.3 Å². The summed E-state index contributed by atoms with van der Waals surface area (Å²) in [6.45, 7) is 0.911. The van der Waals surface area contributed by atoms with Gasteiger partial charge in [0.05, 0.1) is 19.0 Å². The second kappa shape index (κ2) is 9.13. The first kappa shape index (κ1) is 20.2. The molecule has 0 aliphatic rings. The van der Waals surface area contributed by atoms with E-state index in [2.05, 4.69) is 30.0 Å². The first-order valence-corrected chi connectivity index (χ1v) is 9.27. The van der Waals surface area contributed by atoms with Crippen LogP contribution in [0, 0.1) is 0 Å². The molecule has 0 saturated carbocycles. The lowest BCUT2D eigenvalue weighted by atomic mass is 10.1. The highest BCUT2D eigenvalue weighted by molar-refractivity contribution is 5.60. The van der Waals surface area contributed by atoms with E-state index >= 15 is 0 Å².